The van der Waals surface area contributed by atoms with Gasteiger partial charge in [0.2, 0.25) is 0 Å². The molecule has 158 valence electrons. The van der Waals surface area contributed by atoms with Crippen LogP contribution < -0.4 is 4.74 Å². The number of nitrogens with zero attached hydrogens (tertiary/aromatic N) is 2. The van der Waals surface area contributed by atoms with E-state index >= 15 is 0 Å². The predicted molar refractivity (Wildman–Crippen MR) is 108 cm³/mol. The minimum Gasteiger partial charge on any atom is -0.507 e. The fraction of sp³-hybridized carbons (Fsp3) is 0.350. The Labute approximate surface area is 173 Å². The van der Waals surface area contributed by atoms with Crippen molar-refractivity contribution < 1.29 is 34.6 Å². The van der Waals surface area contributed by atoms with Gasteiger partial charge < -0.3 is 25.0 Å². The minimum atomic E-state index is -1.55. The second kappa shape index (κ2) is 9.70. The molecule has 30 heavy (non-hydrogen) atoms. The summed E-state index contributed by atoms with van der Waals surface area (Å²) in [6.45, 7) is 1.19. The van der Waals surface area contributed by atoms with Gasteiger partial charge in [0.1, 0.15) is 23.2 Å². The van der Waals surface area contributed by atoms with Crippen LogP contribution >= 0.6 is 0 Å². The van der Waals surface area contributed by atoms with Crippen LogP contribution in [0.3, 0.4) is 0 Å². The van der Waals surface area contributed by atoms with Crippen molar-refractivity contribution in [1.29, 1.82) is 0 Å². The van der Waals surface area contributed by atoms with Crippen LogP contribution in [-0.4, -0.2) is 74.8 Å². The highest BCUT2D eigenvalue weighted by Gasteiger charge is 2.32. The Morgan fingerprint density at radius 2 is 1.97 bits per heavy atom. The number of hydrogen-bond acceptors (Lipinski definition) is 8. The van der Waals surface area contributed by atoms with Crippen LogP contribution in [-0.2, 0) is 17.6 Å². The molecule has 1 aliphatic rings. The molecule has 2 aromatic rings. The van der Waals surface area contributed by atoms with E-state index < -0.39 is 18.8 Å². The molecule has 0 spiro atoms. The van der Waals surface area contributed by atoms with Gasteiger partial charge in [-0.1, -0.05) is 12.1 Å². The number of carbonyl (C=O) groups is 2. The number of rotatable bonds is 10. The average molecular weight is 414 g/mol. The van der Waals surface area contributed by atoms with Crippen molar-refractivity contribution in [3.05, 3.63) is 53.3 Å². The first-order valence-corrected chi connectivity index (χ1v) is 9.58. The third-order valence-corrected chi connectivity index (χ3v) is 4.83. The molecule has 0 aliphatic carbocycles. The number of aromatic nitrogens is 1. The lowest BCUT2D eigenvalue weighted by molar-refractivity contribution is -0.121. The maximum Gasteiger partial charge on any atom is 0.451 e. The van der Waals surface area contributed by atoms with Crippen LogP contribution in [0.4, 0.5) is 0 Å². The van der Waals surface area contributed by atoms with Crippen molar-refractivity contribution in [1.82, 2.24) is 9.88 Å². The van der Waals surface area contributed by atoms with E-state index in [0.717, 1.165) is 0 Å². The smallest absolute Gasteiger partial charge is 0.451 e. The van der Waals surface area contributed by atoms with Crippen molar-refractivity contribution in [3.8, 4) is 11.5 Å². The van der Waals surface area contributed by atoms with E-state index in [1.165, 1.54) is 12.1 Å². The normalized spacial score (nSPS) is 14.2. The van der Waals surface area contributed by atoms with Crippen molar-refractivity contribution >= 4 is 18.9 Å². The third-order valence-electron chi connectivity index (χ3n) is 4.83. The number of hydrogen-bond donors (Lipinski definition) is 4. The van der Waals surface area contributed by atoms with E-state index in [2.05, 4.69) is 4.98 Å². The molecule has 1 aliphatic heterocycles. The average Bonchev–Trinajstić information content (AvgIpc) is 2.66. The summed E-state index contributed by atoms with van der Waals surface area (Å²) in [5, 5.41) is 37.7. The van der Waals surface area contributed by atoms with Crippen molar-refractivity contribution in [2.24, 2.45) is 0 Å². The van der Waals surface area contributed by atoms with E-state index in [1.54, 1.807) is 18.3 Å². The largest absolute Gasteiger partial charge is 0.507 e. The molecule has 0 amide bonds. The molecule has 2 heterocycles. The number of carboxylic acids is 1. The summed E-state index contributed by atoms with van der Waals surface area (Å²) in [6, 6.07) is 8.38. The van der Waals surface area contributed by atoms with Gasteiger partial charge in [-0.3, -0.25) is 14.7 Å². The highest BCUT2D eigenvalue weighted by atomic mass is 16.5. The number of likely N-dealkylation sites (tertiary alicyclic amines) is 1. The van der Waals surface area contributed by atoms with Gasteiger partial charge in [0, 0.05) is 25.0 Å². The number of ether oxygens (including phenoxy) is 1. The minimum absolute atomic E-state index is 0.0308. The highest BCUT2D eigenvalue weighted by Crippen LogP contribution is 2.33. The number of Topliss-reactive ketones (excluding diaryl/α,β-unsaturated/α-hetero) is 1. The number of benzene rings is 1. The zero-order valence-electron chi connectivity index (χ0n) is 16.3. The fourth-order valence-corrected chi connectivity index (χ4v) is 3.32. The number of carbonyl (C=O) groups excluding carboxylic acids is 1. The summed E-state index contributed by atoms with van der Waals surface area (Å²) in [4.78, 5) is 29.8. The zero-order chi connectivity index (χ0) is 21.7. The summed E-state index contributed by atoms with van der Waals surface area (Å²) < 4.78 is 5.73. The Balaban J connectivity index is 1.55. The maximum atomic E-state index is 12.1. The first-order chi connectivity index (χ1) is 14.3. The van der Waals surface area contributed by atoms with Gasteiger partial charge in [0.15, 0.2) is 5.78 Å². The zero-order valence-corrected chi connectivity index (χ0v) is 16.3. The number of carboxylic acid groups (broad SMARTS) is 1. The number of aromatic hydroxyl groups is 1. The fourth-order valence-electron chi connectivity index (χ4n) is 3.32. The topological polar surface area (TPSA) is 140 Å². The van der Waals surface area contributed by atoms with Crippen LogP contribution in [0.15, 0.2) is 36.5 Å². The molecule has 3 rings (SSSR count). The molecule has 0 atom stereocenters. The van der Waals surface area contributed by atoms with Gasteiger partial charge in [0.05, 0.1) is 13.0 Å². The standard InChI is InChI=1S/C20H23BN2O7/c24-15(9-14-3-1-2-8-22-14)10-23-11-16(12-23)30-17-5-4-13(6-7-21(28)29)19(25)18(17)20(26)27/h1-5,8,16,25,28-29H,6-7,9-12H2,(H,26,27). The summed E-state index contributed by atoms with van der Waals surface area (Å²) in [6.07, 6.45) is 1.68. The second-order valence-electron chi connectivity index (χ2n) is 7.24. The molecular weight excluding hydrogens is 391 g/mol. The third kappa shape index (κ3) is 5.56. The van der Waals surface area contributed by atoms with E-state index in [9.17, 15) is 19.8 Å². The molecule has 0 saturated carbocycles. The Kier molecular flexibility index (Phi) is 7.04. The molecule has 4 N–H and O–H groups in total. The summed E-state index contributed by atoms with van der Waals surface area (Å²) in [7, 11) is -1.55. The highest BCUT2D eigenvalue weighted by molar-refractivity contribution is 6.41. The van der Waals surface area contributed by atoms with E-state index in [-0.39, 0.29) is 48.9 Å². The number of pyridine rings is 1. The maximum absolute atomic E-state index is 12.1. The molecule has 9 nitrogen and oxygen atoms in total. The number of phenols is 1. The van der Waals surface area contributed by atoms with Gasteiger partial charge in [-0.05, 0) is 36.5 Å². The van der Waals surface area contributed by atoms with Gasteiger partial charge in [-0.25, -0.2) is 4.79 Å². The molecule has 1 saturated heterocycles. The summed E-state index contributed by atoms with van der Waals surface area (Å²) in [5.74, 6) is -1.71. The lowest BCUT2D eigenvalue weighted by Crippen LogP contribution is -2.55. The molecule has 0 radical (unpaired) electrons. The molecule has 10 heteroatoms. The lowest BCUT2D eigenvalue weighted by Gasteiger charge is -2.38. The van der Waals surface area contributed by atoms with Gasteiger partial charge in [-0.15, -0.1) is 0 Å². The van der Waals surface area contributed by atoms with Crippen LogP contribution in [0.5, 0.6) is 11.5 Å². The first-order valence-electron chi connectivity index (χ1n) is 9.58. The van der Waals surface area contributed by atoms with Crippen LogP contribution in [0, 0.1) is 0 Å². The second-order valence-corrected chi connectivity index (χ2v) is 7.24. The van der Waals surface area contributed by atoms with Gasteiger partial charge >= 0.3 is 13.1 Å². The first kappa shape index (κ1) is 21.8. The van der Waals surface area contributed by atoms with Gasteiger partial charge in [0.25, 0.3) is 0 Å². The van der Waals surface area contributed by atoms with Crippen LogP contribution in [0.25, 0.3) is 0 Å². The Morgan fingerprint density at radius 1 is 1.20 bits per heavy atom. The molecule has 1 aromatic heterocycles. The van der Waals surface area contributed by atoms with Crippen molar-refractivity contribution in [2.45, 2.75) is 25.3 Å². The predicted octanol–water partition coefficient (Wildman–Crippen LogP) is 0.375. The van der Waals surface area contributed by atoms with E-state index in [0.29, 0.717) is 24.3 Å². The lowest BCUT2D eigenvalue weighted by atomic mass is 9.82. The summed E-state index contributed by atoms with van der Waals surface area (Å²) >= 11 is 0. The SMILES string of the molecule is O=C(Cc1ccccn1)CN1CC(Oc2ccc(CCB(O)O)c(O)c2C(=O)O)C1. The van der Waals surface area contributed by atoms with Gasteiger partial charge in [-0.2, -0.15) is 0 Å². The number of ketones is 1. The molecule has 0 bridgehead atoms. The monoisotopic (exact) mass is 414 g/mol. The van der Waals surface area contributed by atoms with Crippen molar-refractivity contribution in [2.75, 3.05) is 19.6 Å². The van der Waals surface area contributed by atoms with Crippen LogP contribution in [0.1, 0.15) is 21.6 Å². The summed E-state index contributed by atoms with van der Waals surface area (Å²) in [5.41, 5.74) is 0.652. The molecule has 0 unspecified atom stereocenters. The molecular formula is C20H23BN2O7. The molecule has 1 aromatic carbocycles. The Hall–Kier alpha value is -2.95. The molecule has 1 fully saturated rings. The number of aromatic carboxylic acids is 1. The van der Waals surface area contributed by atoms with Crippen LogP contribution in [0.2, 0.25) is 6.32 Å². The Morgan fingerprint density at radius 3 is 2.60 bits per heavy atom. The van der Waals surface area contributed by atoms with E-state index in [1.807, 2.05) is 11.0 Å². The Bertz CT molecular complexity index is 902. The van der Waals surface area contributed by atoms with E-state index in [4.69, 9.17) is 14.8 Å². The quantitative estimate of drug-likeness (QED) is 0.406. The van der Waals surface area contributed by atoms with Crippen molar-refractivity contribution in [3.63, 3.8) is 0 Å². The number of aryl methyl sites for hydroxylation is 1.